The van der Waals surface area contributed by atoms with Crippen molar-refractivity contribution in [3.63, 3.8) is 0 Å². The Labute approximate surface area is 113 Å². The van der Waals surface area contributed by atoms with E-state index in [-0.39, 0.29) is 11.8 Å². The van der Waals surface area contributed by atoms with Crippen molar-refractivity contribution in [2.45, 2.75) is 19.8 Å². The number of rotatable bonds is 6. The standard InChI is InChI=1S/C15H21N3O/c1-11(6-8-16)15(19)17-9-7-12-10-18-14-5-3-2-4-13(12)14/h2-5,10-11,18H,6-9,16H2,1H3,(H,17,19). The fraction of sp³-hybridized carbons (Fsp3) is 0.400. The van der Waals surface area contributed by atoms with Gasteiger partial charge in [-0.05, 0) is 31.0 Å². The fourth-order valence-electron chi connectivity index (χ4n) is 2.21. The van der Waals surface area contributed by atoms with Gasteiger partial charge in [-0.25, -0.2) is 0 Å². The van der Waals surface area contributed by atoms with E-state index in [1.54, 1.807) is 0 Å². The highest BCUT2D eigenvalue weighted by Crippen LogP contribution is 2.17. The number of aromatic amines is 1. The quantitative estimate of drug-likeness (QED) is 0.740. The zero-order valence-corrected chi connectivity index (χ0v) is 11.3. The minimum Gasteiger partial charge on any atom is -0.361 e. The van der Waals surface area contributed by atoms with Crippen LogP contribution in [0, 0.1) is 5.92 Å². The van der Waals surface area contributed by atoms with E-state index >= 15 is 0 Å². The maximum atomic E-state index is 11.8. The molecule has 1 heterocycles. The Morgan fingerprint density at radius 1 is 1.42 bits per heavy atom. The van der Waals surface area contributed by atoms with E-state index in [0.29, 0.717) is 13.1 Å². The van der Waals surface area contributed by atoms with Gasteiger partial charge in [0.15, 0.2) is 0 Å². The van der Waals surface area contributed by atoms with Gasteiger partial charge in [0.25, 0.3) is 0 Å². The number of amides is 1. The van der Waals surface area contributed by atoms with Crippen LogP contribution in [0.2, 0.25) is 0 Å². The van der Waals surface area contributed by atoms with E-state index in [9.17, 15) is 4.79 Å². The molecule has 4 heteroatoms. The molecule has 4 nitrogen and oxygen atoms in total. The Morgan fingerprint density at radius 2 is 2.21 bits per heavy atom. The number of hydrogen-bond donors (Lipinski definition) is 3. The van der Waals surface area contributed by atoms with Crippen LogP contribution in [0.5, 0.6) is 0 Å². The summed E-state index contributed by atoms with van der Waals surface area (Å²) in [6.07, 6.45) is 3.59. The second kappa shape index (κ2) is 6.38. The van der Waals surface area contributed by atoms with E-state index in [4.69, 9.17) is 5.73 Å². The number of nitrogens with two attached hydrogens (primary N) is 1. The van der Waals surface area contributed by atoms with Gasteiger partial charge in [-0.2, -0.15) is 0 Å². The van der Waals surface area contributed by atoms with Crippen molar-refractivity contribution in [3.8, 4) is 0 Å². The molecule has 1 atom stereocenters. The largest absolute Gasteiger partial charge is 0.361 e. The van der Waals surface area contributed by atoms with Gasteiger partial charge in [0.1, 0.15) is 0 Å². The first-order valence-corrected chi connectivity index (χ1v) is 6.75. The van der Waals surface area contributed by atoms with Crippen molar-refractivity contribution in [3.05, 3.63) is 36.0 Å². The molecule has 0 spiro atoms. The van der Waals surface area contributed by atoms with Crippen LogP contribution in [0.3, 0.4) is 0 Å². The van der Waals surface area contributed by atoms with Crippen LogP contribution in [-0.2, 0) is 11.2 Å². The summed E-state index contributed by atoms with van der Waals surface area (Å²) in [5.74, 6) is 0.0817. The first-order valence-electron chi connectivity index (χ1n) is 6.75. The van der Waals surface area contributed by atoms with Gasteiger partial charge < -0.3 is 16.0 Å². The van der Waals surface area contributed by atoms with Crippen molar-refractivity contribution in [1.29, 1.82) is 0 Å². The van der Waals surface area contributed by atoms with Crippen molar-refractivity contribution in [1.82, 2.24) is 10.3 Å². The third kappa shape index (κ3) is 3.35. The highest BCUT2D eigenvalue weighted by molar-refractivity contribution is 5.83. The summed E-state index contributed by atoms with van der Waals surface area (Å²) < 4.78 is 0. The summed E-state index contributed by atoms with van der Waals surface area (Å²) in [7, 11) is 0. The molecule has 0 bridgehead atoms. The minimum absolute atomic E-state index is 0.00651. The predicted molar refractivity (Wildman–Crippen MR) is 77.8 cm³/mol. The number of benzene rings is 1. The molecule has 1 unspecified atom stereocenters. The van der Waals surface area contributed by atoms with Crippen molar-refractivity contribution < 1.29 is 4.79 Å². The minimum atomic E-state index is -0.00651. The normalized spacial score (nSPS) is 12.5. The highest BCUT2D eigenvalue weighted by atomic mass is 16.1. The van der Waals surface area contributed by atoms with E-state index in [1.807, 2.05) is 25.3 Å². The highest BCUT2D eigenvalue weighted by Gasteiger charge is 2.11. The van der Waals surface area contributed by atoms with Crippen molar-refractivity contribution in [2.75, 3.05) is 13.1 Å². The number of para-hydroxylation sites is 1. The summed E-state index contributed by atoms with van der Waals surface area (Å²) in [6, 6.07) is 8.20. The zero-order valence-electron chi connectivity index (χ0n) is 11.3. The maximum absolute atomic E-state index is 11.8. The molecule has 1 aromatic heterocycles. The molecule has 0 saturated carbocycles. The van der Waals surface area contributed by atoms with Gasteiger partial charge in [0, 0.05) is 29.6 Å². The maximum Gasteiger partial charge on any atom is 0.222 e. The molecule has 2 aromatic rings. The van der Waals surface area contributed by atoms with E-state index in [2.05, 4.69) is 22.4 Å². The summed E-state index contributed by atoms with van der Waals surface area (Å²) in [6.45, 7) is 3.13. The number of nitrogens with one attached hydrogen (secondary N) is 2. The second-order valence-electron chi connectivity index (χ2n) is 4.88. The third-order valence-electron chi connectivity index (χ3n) is 3.42. The number of carbonyl (C=O) groups is 1. The van der Waals surface area contributed by atoms with Gasteiger partial charge in [0.05, 0.1) is 0 Å². The van der Waals surface area contributed by atoms with Crippen LogP contribution < -0.4 is 11.1 Å². The summed E-state index contributed by atoms with van der Waals surface area (Å²) in [4.78, 5) is 15.0. The van der Waals surface area contributed by atoms with Crippen molar-refractivity contribution in [2.24, 2.45) is 11.7 Å². The molecule has 0 radical (unpaired) electrons. The molecule has 19 heavy (non-hydrogen) atoms. The summed E-state index contributed by atoms with van der Waals surface area (Å²) in [5, 5.41) is 4.19. The van der Waals surface area contributed by atoms with Crippen molar-refractivity contribution >= 4 is 16.8 Å². The van der Waals surface area contributed by atoms with Crippen LogP contribution in [0.15, 0.2) is 30.5 Å². The van der Waals surface area contributed by atoms with Gasteiger partial charge in [-0.15, -0.1) is 0 Å². The molecule has 0 saturated heterocycles. The lowest BCUT2D eigenvalue weighted by atomic mass is 10.1. The lowest BCUT2D eigenvalue weighted by Crippen LogP contribution is -2.31. The lowest BCUT2D eigenvalue weighted by molar-refractivity contribution is -0.124. The Kier molecular flexibility index (Phi) is 4.58. The molecule has 0 aliphatic rings. The molecular formula is C15H21N3O. The summed E-state index contributed by atoms with van der Waals surface area (Å²) in [5.41, 5.74) is 7.83. The summed E-state index contributed by atoms with van der Waals surface area (Å²) >= 11 is 0. The molecule has 2 rings (SSSR count). The van der Waals surface area contributed by atoms with Crippen LogP contribution in [0.1, 0.15) is 18.9 Å². The van der Waals surface area contributed by atoms with Crippen LogP contribution in [0.4, 0.5) is 0 Å². The Balaban J connectivity index is 1.87. The Bertz CT molecular complexity index is 547. The van der Waals surface area contributed by atoms with E-state index < -0.39 is 0 Å². The first kappa shape index (κ1) is 13.6. The van der Waals surface area contributed by atoms with Gasteiger partial charge in [-0.1, -0.05) is 25.1 Å². The number of hydrogen-bond acceptors (Lipinski definition) is 2. The Morgan fingerprint density at radius 3 is 3.00 bits per heavy atom. The smallest absolute Gasteiger partial charge is 0.222 e. The van der Waals surface area contributed by atoms with Crippen LogP contribution in [-0.4, -0.2) is 24.0 Å². The fourth-order valence-corrected chi connectivity index (χ4v) is 2.21. The zero-order chi connectivity index (χ0) is 13.7. The molecule has 1 aromatic carbocycles. The average Bonchev–Trinajstić information content (AvgIpc) is 2.82. The van der Waals surface area contributed by atoms with E-state index in [0.717, 1.165) is 18.4 Å². The molecule has 102 valence electrons. The lowest BCUT2D eigenvalue weighted by Gasteiger charge is -2.10. The first-order chi connectivity index (χ1) is 9.22. The third-order valence-corrected chi connectivity index (χ3v) is 3.42. The van der Waals surface area contributed by atoms with Crippen LogP contribution >= 0.6 is 0 Å². The van der Waals surface area contributed by atoms with Crippen LogP contribution in [0.25, 0.3) is 10.9 Å². The number of fused-ring (bicyclic) bond motifs is 1. The van der Waals surface area contributed by atoms with Gasteiger partial charge in [0.2, 0.25) is 5.91 Å². The number of H-pyrrole nitrogens is 1. The SMILES string of the molecule is CC(CCN)C(=O)NCCc1c[nH]c2ccccc12. The molecule has 0 fully saturated rings. The average molecular weight is 259 g/mol. The molecule has 0 aliphatic carbocycles. The molecule has 4 N–H and O–H groups in total. The van der Waals surface area contributed by atoms with Gasteiger partial charge in [-0.3, -0.25) is 4.79 Å². The monoisotopic (exact) mass is 259 g/mol. The van der Waals surface area contributed by atoms with E-state index in [1.165, 1.54) is 10.9 Å². The topological polar surface area (TPSA) is 70.9 Å². The number of aromatic nitrogens is 1. The molecule has 1 amide bonds. The number of carbonyl (C=O) groups excluding carboxylic acids is 1. The Hall–Kier alpha value is -1.81. The second-order valence-corrected chi connectivity index (χ2v) is 4.88. The predicted octanol–water partition coefficient (Wildman–Crippen LogP) is 1.81. The molecular weight excluding hydrogens is 238 g/mol. The van der Waals surface area contributed by atoms with Gasteiger partial charge >= 0.3 is 0 Å². The molecule has 0 aliphatic heterocycles.